The van der Waals surface area contributed by atoms with E-state index in [1.807, 2.05) is 0 Å². The first-order chi connectivity index (χ1) is 9.83. The lowest BCUT2D eigenvalue weighted by atomic mass is 10.1. The largest absolute Gasteiger partial charge is 0.371 e. The molecule has 0 spiro atoms. The normalized spacial score (nSPS) is 14.9. The van der Waals surface area contributed by atoms with Gasteiger partial charge in [0.25, 0.3) is 0 Å². The third-order valence-electron chi connectivity index (χ3n) is 3.68. The molecule has 0 radical (unpaired) electrons. The van der Waals surface area contributed by atoms with Gasteiger partial charge < -0.3 is 10.2 Å². The molecule has 0 saturated carbocycles. The predicted molar refractivity (Wildman–Crippen MR) is 90.5 cm³/mol. The highest BCUT2D eigenvalue weighted by atomic mass is 79.9. The molecule has 1 aromatic carbocycles. The Morgan fingerprint density at radius 3 is 2.60 bits per heavy atom. The van der Waals surface area contributed by atoms with Crippen LogP contribution >= 0.6 is 27.3 Å². The van der Waals surface area contributed by atoms with E-state index in [1.165, 1.54) is 45.8 Å². The van der Waals surface area contributed by atoms with Crippen LogP contribution in [0.2, 0.25) is 0 Å². The fraction of sp³-hybridized carbons (Fsp3) is 0.375. The van der Waals surface area contributed by atoms with Crippen molar-refractivity contribution in [2.45, 2.75) is 25.9 Å². The van der Waals surface area contributed by atoms with Crippen molar-refractivity contribution in [3.8, 4) is 0 Å². The molecule has 2 aromatic rings. The molecule has 106 valence electrons. The SMILES string of the molecule is Brc1ccc(CNCc2ccccc2N2CCCC2)s1. The Balaban J connectivity index is 1.62. The highest BCUT2D eigenvalue weighted by Crippen LogP contribution is 2.25. The van der Waals surface area contributed by atoms with Gasteiger partial charge >= 0.3 is 0 Å². The van der Waals surface area contributed by atoms with Crippen molar-refractivity contribution in [1.82, 2.24) is 5.32 Å². The molecule has 1 aliphatic heterocycles. The van der Waals surface area contributed by atoms with Crippen molar-refractivity contribution in [1.29, 1.82) is 0 Å². The summed E-state index contributed by atoms with van der Waals surface area (Å²) >= 11 is 5.31. The van der Waals surface area contributed by atoms with E-state index in [-0.39, 0.29) is 0 Å². The minimum atomic E-state index is 0.933. The molecule has 2 nitrogen and oxygen atoms in total. The van der Waals surface area contributed by atoms with Crippen LogP contribution in [0.15, 0.2) is 40.2 Å². The molecule has 1 fully saturated rings. The van der Waals surface area contributed by atoms with Gasteiger partial charge in [-0.3, -0.25) is 0 Å². The highest BCUT2D eigenvalue weighted by molar-refractivity contribution is 9.11. The molecule has 1 aromatic heterocycles. The molecule has 1 N–H and O–H groups in total. The van der Waals surface area contributed by atoms with E-state index in [4.69, 9.17) is 0 Å². The summed E-state index contributed by atoms with van der Waals surface area (Å²) in [5, 5.41) is 3.56. The number of benzene rings is 1. The summed E-state index contributed by atoms with van der Waals surface area (Å²) < 4.78 is 1.20. The van der Waals surface area contributed by atoms with E-state index in [0.717, 1.165) is 13.1 Å². The molecule has 20 heavy (non-hydrogen) atoms. The summed E-state index contributed by atoms with van der Waals surface area (Å²) in [6.07, 6.45) is 2.65. The second kappa shape index (κ2) is 6.74. The number of anilines is 1. The molecule has 1 aliphatic rings. The van der Waals surface area contributed by atoms with Gasteiger partial charge in [0.2, 0.25) is 0 Å². The van der Waals surface area contributed by atoms with Crippen molar-refractivity contribution in [3.63, 3.8) is 0 Å². The zero-order chi connectivity index (χ0) is 13.8. The molecule has 4 heteroatoms. The number of para-hydroxylation sites is 1. The summed E-state index contributed by atoms with van der Waals surface area (Å²) in [4.78, 5) is 3.88. The molecule has 0 bridgehead atoms. The van der Waals surface area contributed by atoms with Crippen molar-refractivity contribution in [3.05, 3.63) is 50.6 Å². The van der Waals surface area contributed by atoms with Crippen molar-refractivity contribution < 1.29 is 0 Å². The maximum absolute atomic E-state index is 3.56. The standard InChI is InChI=1S/C16H19BrN2S/c17-16-8-7-14(20-16)12-18-11-13-5-1-2-6-15(13)19-9-3-4-10-19/h1-2,5-8,18H,3-4,9-12H2. The van der Waals surface area contributed by atoms with Gasteiger partial charge in [-0.15, -0.1) is 11.3 Å². The Kier molecular flexibility index (Phi) is 4.76. The average Bonchev–Trinajstić information content (AvgIpc) is 3.11. The third kappa shape index (κ3) is 3.43. The molecule has 0 atom stereocenters. The van der Waals surface area contributed by atoms with Gasteiger partial charge in [-0.05, 0) is 52.5 Å². The number of halogens is 1. The number of hydrogen-bond acceptors (Lipinski definition) is 3. The summed E-state index contributed by atoms with van der Waals surface area (Å²) in [5.41, 5.74) is 2.81. The fourth-order valence-corrected chi connectivity index (χ4v) is 4.15. The first-order valence-electron chi connectivity index (χ1n) is 7.11. The summed E-state index contributed by atoms with van der Waals surface area (Å²) in [5.74, 6) is 0. The van der Waals surface area contributed by atoms with Crippen LogP contribution in [-0.2, 0) is 13.1 Å². The topological polar surface area (TPSA) is 15.3 Å². The maximum Gasteiger partial charge on any atom is 0.0701 e. The van der Waals surface area contributed by atoms with Gasteiger partial charge in [0.05, 0.1) is 3.79 Å². The lowest BCUT2D eigenvalue weighted by Crippen LogP contribution is -2.21. The second-order valence-corrected chi connectivity index (χ2v) is 7.68. The van der Waals surface area contributed by atoms with Crippen molar-refractivity contribution >= 4 is 33.0 Å². The molecular weight excluding hydrogens is 332 g/mol. The fourth-order valence-electron chi connectivity index (χ4n) is 2.69. The van der Waals surface area contributed by atoms with Gasteiger partial charge in [-0.2, -0.15) is 0 Å². The van der Waals surface area contributed by atoms with E-state index in [1.54, 1.807) is 11.3 Å². The summed E-state index contributed by atoms with van der Waals surface area (Å²) in [6, 6.07) is 13.1. The Morgan fingerprint density at radius 1 is 1.05 bits per heavy atom. The van der Waals surface area contributed by atoms with Gasteiger partial charge in [0.1, 0.15) is 0 Å². The summed E-state index contributed by atoms with van der Waals surface area (Å²) in [7, 11) is 0. The van der Waals surface area contributed by atoms with E-state index in [0.29, 0.717) is 0 Å². The van der Waals surface area contributed by atoms with Crippen LogP contribution in [0.25, 0.3) is 0 Å². The number of hydrogen-bond donors (Lipinski definition) is 1. The minimum absolute atomic E-state index is 0.933. The zero-order valence-corrected chi connectivity index (χ0v) is 13.8. The first-order valence-corrected chi connectivity index (χ1v) is 8.72. The van der Waals surface area contributed by atoms with Crippen LogP contribution < -0.4 is 10.2 Å². The second-order valence-electron chi connectivity index (χ2n) is 5.13. The smallest absolute Gasteiger partial charge is 0.0701 e. The molecule has 2 heterocycles. The Bertz CT molecular complexity index is 561. The van der Waals surface area contributed by atoms with Crippen molar-refractivity contribution in [2.24, 2.45) is 0 Å². The van der Waals surface area contributed by atoms with Crippen LogP contribution in [-0.4, -0.2) is 13.1 Å². The van der Waals surface area contributed by atoms with E-state index >= 15 is 0 Å². The summed E-state index contributed by atoms with van der Waals surface area (Å²) in [6.45, 7) is 4.27. The van der Waals surface area contributed by atoms with Gasteiger partial charge in [-0.1, -0.05) is 18.2 Å². The van der Waals surface area contributed by atoms with E-state index in [9.17, 15) is 0 Å². The number of nitrogens with one attached hydrogen (secondary N) is 1. The number of nitrogens with zero attached hydrogens (tertiary/aromatic N) is 1. The van der Waals surface area contributed by atoms with Crippen LogP contribution in [0.3, 0.4) is 0 Å². The Labute approximate surface area is 132 Å². The van der Waals surface area contributed by atoms with Crippen LogP contribution in [0.1, 0.15) is 23.3 Å². The van der Waals surface area contributed by atoms with E-state index < -0.39 is 0 Å². The Hall–Kier alpha value is -0.840. The van der Waals surface area contributed by atoms with Crippen molar-refractivity contribution in [2.75, 3.05) is 18.0 Å². The molecule has 0 amide bonds. The van der Waals surface area contributed by atoms with Gasteiger partial charge in [0, 0.05) is 36.7 Å². The third-order valence-corrected chi connectivity index (χ3v) is 5.31. The van der Waals surface area contributed by atoms with E-state index in [2.05, 4.69) is 62.5 Å². The lowest BCUT2D eigenvalue weighted by molar-refractivity contribution is 0.698. The molecule has 3 rings (SSSR count). The number of rotatable bonds is 5. The Morgan fingerprint density at radius 2 is 1.85 bits per heavy atom. The van der Waals surface area contributed by atoms with Gasteiger partial charge in [-0.25, -0.2) is 0 Å². The molecule has 0 unspecified atom stereocenters. The lowest BCUT2D eigenvalue weighted by Gasteiger charge is -2.21. The van der Waals surface area contributed by atoms with Gasteiger partial charge in [0.15, 0.2) is 0 Å². The predicted octanol–water partition coefficient (Wildman–Crippen LogP) is 4.40. The zero-order valence-electron chi connectivity index (χ0n) is 11.4. The minimum Gasteiger partial charge on any atom is -0.371 e. The molecular formula is C16H19BrN2S. The average molecular weight is 351 g/mol. The quantitative estimate of drug-likeness (QED) is 0.859. The van der Waals surface area contributed by atoms with Crippen LogP contribution in [0.5, 0.6) is 0 Å². The number of thiophene rings is 1. The monoisotopic (exact) mass is 350 g/mol. The molecule has 1 saturated heterocycles. The first kappa shape index (κ1) is 14.1. The van der Waals surface area contributed by atoms with Crippen LogP contribution in [0, 0.1) is 0 Å². The maximum atomic E-state index is 3.56. The highest BCUT2D eigenvalue weighted by Gasteiger charge is 2.14. The van der Waals surface area contributed by atoms with Crippen LogP contribution in [0.4, 0.5) is 5.69 Å². The molecule has 0 aliphatic carbocycles.